The largest absolute Gasteiger partial charge is 0.381 e. The predicted octanol–water partition coefficient (Wildman–Crippen LogP) is 1.28. The average molecular weight is 391 g/mol. The van der Waals surface area contributed by atoms with Crippen molar-refractivity contribution in [1.29, 1.82) is 0 Å². The molecule has 8 heteroatoms. The van der Waals surface area contributed by atoms with Gasteiger partial charge in [0.25, 0.3) is 11.8 Å². The highest BCUT2D eigenvalue weighted by molar-refractivity contribution is 5.99. The van der Waals surface area contributed by atoms with E-state index in [-0.39, 0.29) is 23.6 Å². The molecule has 2 aliphatic rings. The van der Waals surface area contributed by atoms with Crippen molar-refractivity contribution in [3.05, 3.63) is 59.3 Å². The predicted molar refractivity (Wildman–Crippen MR) is 106 cm³/mol. The van der Waals surface area contributed by atoms with Gasteiger partial charge in [0.15, 0.2) is 0 Å². The third-order valence-corrected chi connectivity index (χ3v) is 5.78. The smallest absolute Gasteiger partial charge is 0.269 e. The standard InChI is InChI=1S/C21H21N5O3/c1-22-21(28)17-6-11(20(27)26-19-15-9-29-10-16(15)19)4-13(25-17)5-12-7-23-8-18-14(12)2-3-24-18/h2-4,6-8,15-16,19,24H,5,9-10H2,1H3,(H,22,28)(H,26,27)/t15-,16+,19+. The van der Waals surface area contributed by atoms with Crippen LogP contribution < -0.4 is 10.6 Å². The maximum absolute atomic E-state index is 12.8. The number of aromatic nitrogens is 3. The molecule has 3 aromatic heterocycles. The number of hydrogen-bond acceptors (Lipinski definition) is 5. The Kier molecular flexibility index (Phi) is 4.28. The van der Waals surface area contributed by atoms with Crippen LogP contribution in [0.25, 0.3) is 10.9 Å². The summed E-state index contributed by atoms with van der Waals surface area (Å²) in [7, 11) is 1.55. The maximum atomic E-state index is 12.8. The molecule has 5 rings (SSSR count). The number of fused-ring (bicyclic) bond motifs is 2. The highest BCUT2D eigenvalue weighted by atomic mass is 16.5. The lowest BCUT2D eigenvalue weighted by atomic mass is 10.0. The van der Waals surface area contributed by atoms with E-state index in [1.807, 2.05) is 12.3 Å². The molecular formula is C21H21N5O3. The maximum Gasteiger partial charge on any atom is 0.269 e. The molecule has 1 aliphatic heterocycles. The first-order chi connectivity index (χ1) is 14.1. The van der Waals surface area contributed by atoms with Crippen LogP contribution in [0.2, 0.25) is 0 Å². The van der Waals surface area contributed by atoms with E-state index in [0.717, 1.165) is 16.5 Å². The number of rotatable bonds is 5. The summed E-state index contributed by atoms with van der Waals surface area (Å²) in [5.41, 5.74) is 3.22. The molecule has 0 aromatic carbocycles. The van der Waals surface area contributed by atoms with E-state index in [1.165, 1.54) is 0 Å². The lowest BCUT2D eigenvalue weighted by molar-refractivity contribution is 0.0928. The molecule has 8 nitrogen and oxygen atoms in total. The number of aromatic amines is 1. The number of ether oxygens (including phenoxy) is 1. The van der Waals surface area contributed by atoms with Gasteiger partial charge >= 0.3 is 0 Å². The molecule has 2 amide bonds. The second-order valence-electron chi connectivity index (χ2n) is 7.59. The monoisotopic (exact) mass is 391 g/mol. The molecule has 3 aromatic rings. The molecule has 4 heterocycles. The molecular weight excluding hydrogens is 370 g/mol. The second kappa shape index (κ2) is 6.97. The number of pyridine rings is 2. The van der Waals surface area contributed by atoms with E-state index in [2.05, 4.69) is 25.6 Å². The SMILES string of the molecule is CNC(=O)c1cc(C(=O)N[C@H]2[C@@H]3COC[C@@H]32)cc(Cc2cncc3[nH]ccc23)n1. The fourth-order valence-electron chi connectivity index (χ4n) is 4.12. The topological polar surface area (TPSA) is 109 Å². The quantitative estimate of drug-likeness (QED) is 0.607. The first-order valence-electron chi connectivity index (χ1n) is 9.65. The fraction of sp³-hybridized carbons (Fsp3) is 0.333. The van der Waals surface area contributed by atoms with Crippen molar-refractivity contribution in [3.63, 3.8) is 0 Å². The number of H-pyrrole nitrogens is 1. The Morgan fingerprint density at radius 2 is 2.03 bits per heavy atom. The molecule has 2 fully saturated rings. The van der Waals surface area contributed by atoms with Crippen LogP contribution in [0.5, 0.6) is 0 Å². The van der Waals surface area contributed by atoms with E-state index >= 15 is 0 Å². The Balaban J connectivity index is 1.44. The third kappa shape index (κ3) is 3.25. The van der Waals surface area contributed by atoms with Gasteiger partial charge in [-0.15, -0.1) is 0 Å². The van der Waals surface area contributed by atoms with Gasteiger partial charge in [-0.25, -0.2) is 4.98 Å². The van der Waals surface area contributed by atoms with E-state index in [4.69, 9.17) is 4.74 Å². The Bertz CT molecular complexity index is 1100. The van der Waals surface area contributed by atoms with Gasteiger partial charge in [0.1, 0.15) is 5.69 Å². The summed E-state index contributed by atoms with van der Waals surface area (Å²) in [6.45, 7) is 1.41. The Morgan fingerprint density at radius 3 is 2.83 bits per heavy atom. The van der Waals surface area contributed by atoms with Crippen molar-refractivity contribution >= 4 is 22.7 Å². The van der Waals surface area contributed by atoms with E-state index in [0.29, 0.717) is 42.7 Å². The van der Waals surface area contributed by atoms with Crippen LogP contribution in [-0.4, -0.2) is 53.1 Å². The number of carbonyl (C=O) groups is 2. The molecule has 3 N–H and O–H groups in total. The molecule has 3 atom stereocenters. The van der Waals surface area contributed by atoms with Gasteiger partial charge in [-0.3, -0.25) is 14.6 Å². The van der Waals surface area contributed by atoms with Gasteiger partial charge in [0.2, 0.25) is 0 Å². The van der Waals surface area contributed by atoms with Gasteiger partial charge in [-0.2, -0.15) is 0 Å². The van der Waals surface area contributed by atoms with E-state index in [9.17, 15) is 9.59 Å². The highest BCUT2D eigenvalue weighted by Crippen LogP contribution is 2.44. The summed E-state index contributed by atoms with van der Waals surface area (Å²) >= 11 is 0. The zero-order valence-corrected chi connectivity index (χ0v) is 15.9. The van der Waals surface area contributed by atoms with Crippen LogP contribution >= 0.6 is 0 Å². The first kappa shape index (κ1) is 17.8. The van der Waals surface area contributed by atoms with Crippen LogP contribution in [0.15, 0.2) is 36.8 Å². The lowest BCUT2D eigenvalue weighted by Crippen LogP contribution is -2.30. The van der Waals surface area contributed by atoms with Crippen LogP contribution in [0.3, 0.4) is 0 Å². The number of hydrogen-bond donors (Lipinski definition) is 3. The summed E-state index contributed by atoms with van der Waals surface area (Å²) in [6, 6.07) is 5.44. The van der Waals surface area contributed by atoms with Gasteiger partial charge in [0, 0.05) is 60.4 Å². The fourth-order valence-corrected chi connectivity index (χ4v) is 4.12. The van der Waals surface area contributed by atoms with Gasteiger partial charge in [0.05, 0.1) is 24.9 Å². The van der Waals surface area contributed by atoms with Crippen molar-refractivity contribution in [2.24, 2.45) is 11.8 Å². The zero-order valence-electron chi connectivity index (χ0n) is 15.9. The molecule has 0 bridgehead atoms. The average Bonchev–Trinajstić information content (AvgIpc) is 3.14. The minimum Gasteiger partial charge on any atom is -0.381 e. The summed E-state index contributed by atoms with van der Waals surface area (Å²) < 4.78 is 5.38. The third-order valence-electron chi connectivity index (χ3n) is 5.78. The summed E-state index contributed by atoms with van der Waals surface area (Å²) in [4.78, 5) is 36.9. The van der Waals surface area contributed by atoms with E-state index < -0.39 is 0 Å². The molecule has 0 radical (unpaired) electrons. The number of carbonyl (C=O) groups excluding carboxylic acids is 2. The molecule has 29 heavy (non-hydrogen) atoms. The van der Waals surface area contributed by atoms with Crippen LogP contribution in [0, 0.1) is 11.8 Å². The second-order valence-corrected chi connectivity index (χ2v) is 7.59. The first-order valence-corrected chi connectivity index (χ1v) is 9.65. The molecule has 1 saturated carbocycles. The highest BCUT2D eigenvalue weighted by Gasteiger charge is 2.54. The lowest BCUT2D eigenvalue weighted by Gasteiger charge is -2.11. The number of nitrogens with one attached hydrogen (secondary N) is 3. The van der Waals surface area contributed by atoms with Crippen molar-refractivity contribution < 1.29 is 14.3 Å². The van der Waals surface area contributed by atoms with Gasteiger partial charge in [-0.05, 0) is 23.8 Å². The Labute approximate surface area is 167 Å². The van der Waals surface area contributed by atoms with Gasteiger partial charge < -0.3 is 20.4 Å². The molecule has 0 unspecified atom stereocenters. The Hall–Kier alpha value is -3.26. The minimum absolute atomic E-state index is 0.161. The van der Waals surface area contributed by atoms with Crippen molar-refractivity contribution in [3.8, 4) is 0 Å². The van der Waals surface area contributed by atoms with Crippen LogP contribution in [-0.2, 0) is 11.2 Å². The molecule has 0 spiro atoms. The molecule has 1 saturated heterocycles. The number of amides is 2. The van der Waals surface area contributed by atoms with Crippen molar-refractivity contribution in [1.82, 2.24) is 25.6 Å². The van der Waals surface area contributed by atoms with Crippen LogP contribution in [0.1, 0.15) is 32.1 Å². The van der Waals surface area contributed by atoms with Crippen LogP contribution in [0.4, 0.5) is 0 Å². The van der Waals surface area contributed by atoms with E-state index in [1.54, 1.807) is 31.6 Å². The molecule has 148 valence electrons. The Morgan fingerprint density at radius 1 is 1.21 bits per heavy atom. The van der Waals surface area contributed by atoms with Crippen molar-refractivity contribution in [2.45, 2.75) is 12.5 Å². The minimum atomic E-state index is -0.324. The molecule has 1 aliphatic carbocycles. The summed E-state index contributed by atoms with van der Waals surface area (Å²) in [5.74, 6) is 0.318. The summed E-state index contributed by atoms with van der Waals surface area (Å²) in [6.07, 6.45) is 5.88. The van der Waals surface area contributed by atoms with Gasteiger partial charge in [-0.1, -0.05) is 0 Å². The zero-order chi connectivity index (χ0) is 20.0. The summed E-state index contributed by atoms with van der Waals surface area (Å²) in [5, 5.41) is 6.70. The normalized spacial score (nSPS) is 22.3. The number of nitrogens with zero attached hydrogens (tertiary/aromatic N) is 2. The van der Waals surface area contributed by atoms with Crippen molar-refractivity contribution in [2.75, 3.05) is 20.3 Å².